The van der Waals surface area contributed by atoms with E-state index >= 15 is 0 Å². The van der Waals surface area contributed by atoms with Crippen LogP contribution in [0.5, 0.6) is 5.75 Å². The predicted octanol–water partition coefficient (Wildman–Crippen LogP) is 2.24. The molecule has 15 heavy (non-hydrogen) atoms. The second kappa shape index (κ2) is 4.10. The molecule has 0 bridgehead atoms. The molecule has 0 unspecified atom stereocenters. The molecular formula is C10H11BrN2O2. The fraction of sp³-hybridized carbons (Fsp3) is 0.300. The molecule has 1 aliphatic rings. The maximum atomic E-state index is 11.4. The van der Waals surface area contributed by atoms with Crippen LogP contribution in [0.25, 0.3) is 0 Å². The lowest BCUT2D eigenvalue weighted by Crippen LogP contribution is -2.43. The summed E-state index contributed by atoms with van der Waals surface area (Å²) in [4.78, 5) is 13.1. The Labute approximate surface area is 96.1 Å². The third-order valence-corrected chi connectivity index (χ3v) is 3.01. The van der Waals surface area contributed by atoms with E-state index in [1.165, 1.54) is 0 Å². The number of hydrogen-bond acceptors (Lipinski definition) is 3. The number of halogens is 1. The molecule has 0 aromatic heterocycles. The van der Waals surface area contributed by atoms with Crippen LogP contribution in [-0.4, -0.2) is 24.1 Å². The summed E-state index contributed by atoms with van der Waals surface area (Å²) in [5.74, 6) is 0.479. The number of carbonyl (C=O) groups is 1. The number of amides is 1. The van der Waals surface area contributed by atoms with Crippen LogP contribution >= 0.6 is 15.9 Å². The fourth-order valence-corrected chi connectivity index (χ4v) is 1.50. The minimum atomic E-state index is -0.303. The van der Waals surface area contributed by atoms with Gasteiger partial charge in [-0.15, -0.1) is 0 Å². The summed E-state index contributed by atoms with van der Waals surface area (Å²) in [6.07, 6.45) is 0.750. The van der Waals surface area contributed by atoms with Gasteiger partial charge in [0.2, 0.25) is 0 Å². The van der Waals surface area contributed by atoms with E-state index in [1.807, 2.05) is 0 Å². The van der Waals surface area contributed by atoms with Gasteiger partial charge < -0.3 is 15.4 Å². The van der Waals surface area contributed by atoms with E-state index in [0.717, 1.165) is 24.0 Å². The zero-order chi connectivity index (χ0) is 10.8. The van der Waals surface area contributed by atoms with Gasteiger partial charge in [-0.2, -0.15) is 0 Å². The number of ether oxygens (including phenoxy) is 1. The Morgan fingerprint density at radius 3 is 2.73 bits per heavy atom. The monoisotopic (exact) mass is 270 g/mol. The molecule has 2 rings (SSSR count). The van der Waals surface area contributed by atoms with Crippen LogP contribution < -0.4 is 10.5 Å². The molecule has 0 radical (unpaired) electrons. The largest absolute Gasteiger partial charge is 0.415 e. The van der Waals surface area contributed by atoms with Crippen molar-refractivity contribution in [1.29, 1.82) is 0 Å². The number of anilines is 1. The SMILES string of the molecule is Nc1cc(OC(=O)N2CCC2)ccc1Br. The topological polar surface area (TPSA) is 55.6 Å². The Balaban J connectivity index is 2.03. The first kappa shape index (κ1) is 10.3. The van der Waals surface area contributed by atoms with Crippen molar-refractivity contribution in [2.75, 3.05) is 18.8 Å². The van der Waals surface area contributed by atoms with Gasteiger partial charge >= 0.3 is 6.09 Å². The molecular weight excluding hydrogens is 260 g/mol. The fourth-order valence-electron chi connectivity index (χ4n) is 1.25. The molecule has 1 fully saturated rings. The summed E-state index contributed by atoms with van der Waals surface area (Å²) in [6.45, 7) is 1.57. The van der Waals surface area contributed by atoms with Gasteiger partial charge in [0, 0.05) is 29.3 Å². The Morgan fingerprint density at radius 1 is 1.47 bits per heavy atom. The van der Waals surface area contributed by atoms with Crippen molar-refractivity contribution in [3.63, 3.8) is 0 Å². The number of carbonyl (C=O) groups excluding carboxylic acids is 1. The first-order chi connectivity index (χ1) is 7.16. The van der Waals surface area contributed by atoms with Crippen molar-refractivity contribution in [1.82, 2.24) is 4.90 Å². The third-order valence-electron chi connectivity index (χ3n) is 2.29. The predicted molar refractivity (Wildman–Crippen MR) is 60.8 cm³/mol. The minimum absolute atomic E-state index is 0.303. The Hall–Kier alpha value is -1.23. The third kappa shape index (κ3) is 2.23. The molecule has 0 spiro atoms. The Morgan fingerprint density at radius 2 is 2.20 bits per heavy atom. The highest BCUT2D eigenvalue weighted by molar-refractivity contribution is 9.10. The van der Waals surface area contributed by atoms with Crippen molar-refractivity contribution in [2.45, 2.75) is 6.42 Å². The van der Waals surface area contributed by atoms with Gasteiger partial charge in [0.1, 0.15) is 5.75 Å². The van der Waals surface area contributed by atoms with E-state index < -0.39 is 0 Å². The molecule has 0 atom stereocenters. The molecule has 80 valence electrons. The molecule has 1 amide bonds. The van der Waals surface area contributed by atoms with E-state index in [4.69, 9.17) is 10.5 Å². The Bertz CT molecular complexity index is 391. The average Bonchev–Trinajstić information content (AvgIpc) is 2.08. The molecule has 1 aromatic carbocycles. The molecule has 5 heteroatoms. The quantitative estimate of drug-likeness (QED) is 0.797. The Kier molecular flexibility index (Phi) is 2.81. The highest BCUT2D eigenvalue weighted by atomic mass is 79.9. The number of nitrogen functional groups attached to an aromatic ring is 1. The number of benzene rings is 1. The first-order valence-electron chi connectivity index (χ1n) is 4.68. The summed E-state index contributed by atoms with van der Waals surface area (Å²) in [6, 6.07) is 5.09. The van der Waals surface area contributed by atoms with Crippen molar-refractivity contribution in [3.05, 3.63) is 22.7 Å². The smallest absolute Gasteiger partial charge is 0.410 e. The van der Waals surface area contributed by atoms with Gasteiger partial charge in [0.15, 0.2) is 0 Å². The minimum Gasteiger partial charge on any atom is -0.410 e. The lowest BCUT2D eigenvalue weighted by molar-refractivity contribution is 0.125. The number of hydrogen-bond donors (Lipinski definition) is 1. The molecule has 1 aromatic rings. The molecule has 0 saturated carbocycles. The highest BCUT2D eigenvalue weighted by Gasteiger charge is 2.21. The molecule has 2 N–H and O–H groups in total. The van der Waals surface area contributed by atoms with E-state index in [0.29, 0.717) is 11.4 Å². The van der Waals surface area contributed by atoms with Crippen LogP contribution in [0.4, 0.5) is 10.5 Å². The molecule has 1 aliphatic heterocycles. The maximum absolute atomic E-state index is 11.4. The highest BCUT2D eigenvalue weighted by Crippen LogP contribution is 2.25. The summed E-state index contributed by atoms with van der Waals surface area (Å²) in [7, 11) is 0. The van der Waals surface area contributed by atoms with Crippen molar-refractivity contribution < 1.29 is 9.53 Å². The number of nitrogens with two attached hydrogens (primary N) is 1. The molecule has 4 nitrogen and oxygen atoms in total. The normalized spacial score (nSPS) is 14.6. The van der Waals surface area contributed by atoms with Gasteiger partial charge in [-0.05, 0) is 34.5 Å². The van der Waals surface area contributed by atoms with Crippen LogP contribution in [-0.2, 0) is 0 Å². The average molecular weight is 271 g/mol. The van der Waals surface area contributed by atoms with E-state index in [-0.39, 0.29) is 6.09 Å². The molecule has 1 heterocycles. The second-order valence-corrected chi connectivity index (χ2v) is 4.25. The lowest BCUT2D eigenvalue weighted by atomic mass is 10.2. The van der Waals surface area contributed by atoms with Gasteiger partial charge in [0.25, 0.3) is 0 Å². The van der Waals surface area contributed by atoms with Gasteiger partial charge in [0.05, 0.1) is 0 Å². The zero-order valence-corrected chi connectivity index (χ0v) is 9.66. The first-order valence-corrected chi connectivity index (χ1v) is 5.48. The second-order valence-electron chi connectivity index (χ2n) is 3.39. The number of rotatable bonds is 1. The summed E-state index contributed by atoms with van der Waals surface area (Å²) < 4.78 is 5.94. The van der Waals surface area contributed by atoms with Crippen LogP contribution in [0.15, 0.2) is 22.7 Å². The maximum Gasteiger partial charge on any atom is 0.415 e. The van der Waals surface area contributed by atoms with Crippen LogP contribution in [0.2, 0.25) is 0 Å². The van der Waals surface area contributed by atoms with Gasteiger partial charge in [-0.25, -0.2) is 4.79 Å². The molecule has 0 aliphatic carbocycles. The van der Waals surface area contributed by atoms with E-state index in [9.17, 15) is 4.79 Å². The van der Waals surface area contributed by atoms with E-state index in [1.54, 1.807) is 23.1 Å². The summed E-state index contributed by atoms with van der Waals surface area (Å²) >= 11 is 3.27. The lowest BCUT2D eigenvalue weighted by Gasteiger charge is -2.29. The number of nitrogens with zero attached hydrogens (tertiary/aromatic N) is 1. The van der Waals surface area contributed by atoms with Crippen LogP contribution in [0.1, 0.15) is 6.42 Å². The van der Waals surface area contributed by atoms with Gasteiger partial charge in [-0.1, -0.05) is 0 Å². The van der Waals surface area contributed by atoms with Crippen LogP contribution in [0.3, 0.4) is 0 Å². The van der Waals surface area contributed by atoms with Crippen molar-refractivity contribution >= 4 is 27.7 Å². The molecule has 1 saturated heterocycles. The summed E-state index contributed by atoms with van der Waals surface area (Å²) in [5.41, 5.74) is 6.23. The zero-order valence-electron chi connectivity index (χ0n) is 8.07. The standard InChI is InChI=1S/C10H11BrN2O2/c11-8-3-2-7(6-9(8)12)15-10(14)13-4-1-5-13/h2-3,6H,1,4-5,12H2. The number of likely N-dealkylation sites (tertiary alicyclic amines) is 1. The van der Waals surface area contributed by atoms with Crippen molar-refractivity contribution in [3.8, 4) is 5.75 Å². The van der Waals surface area contributed by atoms with Crippen LogP contribution in [0, 0.1) is 0 Å². The van der Waals surface area contributed by atoms with Gasteiger partial charge in [-0.3, -0.25) is 0 Å². The van der Waals surface area contributed by atoms with E-state index in [2.05, 4.69) is 15.9 Å². The summed E-state index contributed by atoms with van der Waals surface area (Å²) in [5, 5.41) is 0. The van der Waals surface area contributed by atoms with Crippen molar-refractivity contribution in [2.24, 2.45) is 0 Å².